The Kier molecular flexibility index (Phi) is 7.93. The van der Waals surface area contributed by atoms with Crippen molar-refractivity contribution >= 4 is 0 Å². The average Bonchev–Trinajstić information content (AvgIpc) is 2.78. The van der Waals surface area contributed by atoms with Crippen LogP contribution in [0.4, 0.5) is 0 Å². The largest absolute Gasteiger partial charge is 0.465 e. The highest BCUT2D eigenvalue weighted by atomic mass is 16.3. The Morgan fingerprint density at radius 1 is 1.30 bits per heavy atom. The maximum Gasteiger partial charge on any atom is 0.118 e. The Morgan fingerprint density at radius 2 is 2.05 bits per heavy atom. The number of nitrogens with zero attached hydrogens (tertiary/aromatic N) is 1. The zero-order chi connectivity index (χ0) is 15.0. The van der Waals surface area contributed by atoms with Gasteiger partial charge in [-0.2, -0.15) is 0 Å². The van der Waals surface area contributed by atoms with Crippen molar-refractivity contribution in [3.8, 4) is 0 Å². The molecule has 1 N–H and O–H groups in total. The Bertz CT molecular complexity index is 373. The molecule has 0 fully saturated rings. The molecule has 1 unspecified atom stereocenters. The molecule has 0 aromatic carbocycles. The van der Waals surface area contributed by atoms with Crippen molar-refractivity contribution in [3.63, 3.8) is 0 Å². The van der Waals surface area contributed by atoms with Gasteiger partial charge in [0.05, 0.1) is 6.54 Å². The lowest BCUT2D eigenvalue weighted by Crippen LogP contribution is -2.27. The monoisotopic (exact) mass is 280 g/mol. The van der Waals surface area contributed by atoms with E-state index < -0.39 is 0 Å². The molecule has 0 aliphatic rings. The van der Waals surface area contributed by atoms with Gasteiger partial charge in [0.15, 0.2) is 0 Å². The van der Waals surface area contributed by atoms with E-state index in [-0.39, 0.29) is 0 Å². The van der Waals surface area contributed by atoms with E-state index in [1.165, 1.54) is 18.5 Å². The van der Waals surface area contributed by atoms with Gasteiger partial charge in [0.1, 0.15) is 11.5 Å². The number of hydrogen-bond acceptors (Lipinski definition) is 3. The summed E-state index contributed by atoms with van der Waals surface area (Å²) in [7, 11) is 0. The van der Waals surface area contributed by atoms with Crippen LogP contribution in [0.25, 0.3) is 0 Å². The number of aryl methyl sites for hydroxylation is 1. The second-order valence-electron chi connectivity index (χ2n) is 5.81. The number of nitrogens with one attached hydrogen (secondary N) is 1. The van der Waals surface area contributed by atoms with Crippen LogP contribution in [0.15, 0.2) is 10.5 Å². The average molecular weight is 280 g/mol. The van der Waals surface area contributed by atoms with Crippen LogP contribution in [-0.2, 0) is 13.1 Å². The van der Waals surface area contributed by atoms with Gasteiger partial charge >= 0.3 is 0 Å². The topological polar surface area (TPSA) is 28.4 Å². The summed E-state index contributed by atoms with van der Waals surface area (Å²) in [6, 6.07) is 2.22. The van der Waals surface area contributed by atoms with Gasteiger partial charge in [-0.05, 0) is 38.4 Å². The van der Waals surface area contributed by atoms with E-state index in [0.717, 1.165) is 50.0 Å². The highest BCUT2D eigenvalue weighted by Crippen LogP contribution is 2.18. The van der Waals surface area contributed by atoms with E-state index in [1.807, 2.05) is 0 Å². The van der Waals surface area contributed by atoms with E-state index >= 15 is 0 Å². The van der Waals surface area contributed by atoms with Crippen molar-refractivity contribution in [1.29, 1.82) is 0 Å². The molecular weight excluding hydrogens is 248 g/mol. The number of furan rings is 1. The molecule has 3 nitrogen and oxygen atoms in total. The Hall–Kier alpha value is -0.800. The summed E-state index contributed by atoms with van der Waals surface area (Å²) < 4.78 is 5.85. The maximum absolute atomic E-state index is 5.85. The van der Waals surface area contributed by atoms with Crippen LogP contribution in [0, 0.1) is 12.8 Å². The third-order valence-corrected chi connectivity index (χ3v) is 3.91. The first-order valence-electron chi connectivity index (χ1n) is 8.11. The van der Waals surface area contributed by atoms with Gasteiger partial charge in [-0.15, -0.1) is 0 Å². The molecule has 0 amide bonds. The van der Waals surface area contributed by atoms with E-state index in [1.54, 1.807) is 0 Å². The molecule has 1 rings (SSSR count). The summed E-state index contributed by atoms with van der Waals surface area (Å²) >= 11 is 0. The summed E-state index contributed by atoms with van der Waals surface area (Å²) in [4.78, 5) is 2.51. The molecule has 0 radical (unpaired) electrons. The fourth-order valence-corrected chi connectivity index (χ4v) is 2.34. The molecule has 116 valence electrons. The molecular formula is C17H32N2O. The lowest BCUT2D eigenvalue weighted by Gasteiger charge is -2.23. The van der Waals surface area contributed by atoms with Crippen molar-refractivity contribution < 1.29 is 4.42 Å². The Morgan fingerprint density at radius 3 is 2.65 bits per heavy atom. The van der Waals surface area contributed by atoms with Gasteiger partial charge in [0.25, 0.3) is 0 Å². The van der Waals surface area contributed by atoms with E-state index in [0.29, 0.717) is 0 Å². The summed E-state index contributed by atoms with van der Waals surface area (Å²) in [6.45, 7) is 16.2. The van der Waals surface area contributed by atoms with Crippen molar-refractivity contribution in [1.82, 2.24) is 10.2 Å². The minimum Gasteiger partial charge on any atom is -0.465 e. The third kappa shape index (κ3) is 5.68. The van der Waals surface area contributed by atoms with Crippen LogP contribution in [0.3, 0.4) is 0 Å². The lowest BCUT2D eigenvalue weighted by atomic mass is 10.1. The SMILES string of the molecule is CCCNCc1cc(CN(CC)CC(C)CC)c(C)o1. The first-order chi connectivity index (χ1) is 9.60. The van der Waals surface area contributed by atoms with Crippen LogP contribution >= 0.6 is 0 Å². The first-order valence-corrected chi connectivity index (χ1v) is 8.11. The minimum absolute atomic E-state index is 0.757. The van der Waals surface area contributed by atoms with Crippen molar-refractivity contribution in [3.05, 3.63) is 23.2 Å². The second-order valence-corrected chi connectivity index (χ2v) is 5.81. The Balaban J connectivity index is 2.56. The van der Waals surface area contributed by atoms with Gasteiger partial charge < -0.3 is 9.73 Å². The molecule has 1 heterocycles. The zero-order valence-corrected chi connectivity index (χ0v) is 14.0. The smallest absolute Gasteiger partial charge is 0.118 e. The van der Waals surface area contributed by atoms with Gasteiger partial charge in [-0.3, -0.25) is 4.90 Å². The summed E-state index contributed by atoms with van der Waals surface area (Å²) in [6.07, 6.45) is 2.40. The molecule has 0 bridgehead atoms. The molecule has 20 heavy (non-hydrogen) atoms. The van der Waals surface area contributed by atoms with Gasteiger partial charge in [0.2, 0.25) is 0 Å². The van der Waals surface area contributed by atoms with Crippen LogP contribution < -0.4 is 5.32 Å². The molecule has 0 saturated heterocycles. The summed E-state index contributed by atoms with van der Waals surface area (Å²) in [5.74, 6) is 2.89. The second kappa shape index (κ2) is 9.19. The van der Waals surface area contributed by atoms with Gasteiger partial charge in [0, 0.05) is 18.7 Å². The fraction of sp³-hybridized carbons (Fsp3) is 0.765. The van der Waals surface area contributed by atoms with Crippen LogP contribution in [0.5, 0.6) is 0 Å². The molecule has 0 aliphatic carbocycles. The highest BCUT2D eigenvalue weighted by molar-refractivity contribution is 5.20. The fourth-order valence-electron chi connectivity index (χ4n) is 2.34. The van der Waals surface area contributed by atoms with Gasteiger partial charge in [-0.1, -0.05) is 34.1 Å². The van der Waals surface area contributed by atoms with E-state index in [2.05, 4.69) is 50.9 Å². The van der Waals surface area contributed by atoms with Crippen LogP contribution in [-0.4, -0.2) is 24.5 Å². The highest BCUT2D eigenvalue weighted by Gasteiger charge is 2.12. The number of rotatable bonds is 10. The molecule has 0 spiro atoms. The van der Waals surface area contributed by atoms with Crippen molar-refractivity contribution in [2.24, 2.45) is 5.92 Å². The summed E-state index contributed by atoms with van der Waals surface area (Å²) in [5, 5.41) is 3.39. The summed E-state index contributed by atoms with van der Waals surface area (Å²) in [5.41, 5.74) is 1.34. The standard InChI is InChI=1S/C17H32N2O/c1-6-9-18-11-17-10-16(15(5)20-17)13-19(8-3)12-14(4)7-2/h10,14,18H,6-9,11-13H2,1-5H3. The lowest BCUT2D eigenvalue weighted by molar-refractivity contribution is 0.237. The van der Waals surface area contributed by atoms with E-state index in [4.69, 9.17) is 4.42 Å². The first kappa shape index (κ1) is 17.3. The Labute approximate surface area is 124 Å². The third-order valence-electron chi connectivity index (χ3n) is 3.91. The predicted octanol–water partition coefficient (Wildman–Crippen LogP) is 3.96. The normalized spacial score (nSPS) is 13.1. The minimum atomic E-state index is 0.757. The van der Waals surface area contributed by atoms with Gasteiger partial charge in [-0.25, -0.2) is 0 Å². The quantitative estimate of drug-likeness (QED) is 0.658. The van der Waals surface area contributed by atoms with Crippen molar-refractivity contribution in [2.75, 3.05) is 19.6 Å². The molecule has 1 atom stereocenters. The van der Waals surface area contributed by atoms with E-state index in [9.17, 15) is 0 Å². The maximum atomic E-state index is 5.85. The van der Waals surface area contributed by atoms with Crippen LogP contribution in [0.1, 0.15) is 57.6 Å². The molecule has 1 aromatic heterocycles. The molecule has 0 aliphatic heterocycles. The predicted molar refractivity (Wildman–Crippen MR) is 85.8 cm³/mol. The van der Waals surface area contributed by atoms with Crippen molar-refractivity contribution in [2.45, 2.75) is 60.5 Å². The molecule has 1 aromatic rings. The zero-order valence-electron chi connectivity index (χ0n) is 14.0. The molecule has 0 saturated carbocycles. The van der Waals surface area contributed by atoms with Crippen LogP contribution in [0.2, 0.25) is 0 Å². The number of hydrogen-bond donors (Lipinski definition) is 1. The molecule has 3 heteroatoms.